The molecule has 14 heavy (non-hydrogen) atoms. The zero-order valence-electron chi connectivity index (χ0n) is 8.07. The van der Waals surface area contributed by atoms with Crippen LogP contribution < -0.4 is 5.32 Å². The first-order valence-corrected chi connectivity index (χ1v) is 4.40. The first-order valence-electron chi connectivity index (χ1n) is 4.40. The Balaban J connectivity index is 3.75. The SMILES string of the molecule is C=CCCC(C)NCC(F)(F)C(F)F. The summed E-state index contributed by atoms with van der Waals surface area (Å²) in [6.45, 7) is 4.16. The van der Waals surface area contributed by atoms with Gasteiger partial charge in [0, 0.05) is 6.04 Å². The third-order valence-corrected chi connectivity index (χ3v) is 1.81. The lowest BCUT2D eigenvalue weighted by Gasteiger charge is -2.19. The van der Waals surface area contributed by atoms with E-state index in [9.17, 15) is 17.6 Å². The Morgan fingerprint density at radius 2 is 2.00 bits per heavy atom. The van der Waals surface area contributed by atoms with Gasteiger partial charge in [0.05, 0.1) is 6.54 Å². The number of nitrogens with one attached hydrogen (secondary N) is 1. The lowest BCUT2D eigenvalue weighted by molar-refractivity contribution is -0.126. The van der Waals surface area contributed by atoms with Crippen molar-refractivity contribution < 1.29 is 17.6 Å². The van der Waals surface area contributed by atoms with Crippen LogP contribution in [0.2, 0.25) is 0 Å². The molecule has 0 aromatic heterocycles. The molecule has 0 aromatic rings. The van der Waals surface area contributed by atoms with Gasteiger partial charge in [-0.05, 0) is 19.8 Å². The molecule has 0 fully saturated rings. The standard InChI is InChI=1S/C9H15F4N/c1-3-4-5-7(2)14-6-9(12,13)8(10)11/h3,7-8,14H,1,4-6H2,2H3. The summed E-state index contributed by atoms with van der Waals surface area (Å²) < 4.78 is 48.2. The van der Waals surface area contributed by atoms with E-state index in [1.54, 1.807) is 13.0 Å². The summed E-state index contributed by atoms with van der Waals surface area (Å²) in [6.07, 6.45) is -0.665. The number of alkyl halides is 4. The number of allylic oxidation sites excluding steroid dienone is 1. The normalized spacial score (nSPS) is 14.4. The zero-order chi connectivity index (χ0) is 11.2. The van der Waals surface area contributed by atoms with E-state index >= 15 is 0 Å². The Labute approximate surface area is 81.2 Å². The average molecular weight is 213 g/mol. The summed E-state index contributed by atoms with van der Waals surface area (Å²) in [4.78, 5) is 0. The van der Waals surface area contributed by atoms with Crippen molar-refractivity contribution in [3.63, 3.8) is 0 Å². The average Bonchev–Trinajstić information content (AvgIpc) is 2.11. The number of halogens is 4. The van der Waals surface area contributed by atoms with E-state index in [1.165, 1.54) is 0 Å². The molecule has 0 amide bonds. The van der Waals surface area contributed by atoms with Crippen molar-refractivity contribution in [2.45, 2.75) is 38.2 Å². The molecule has 1 nitrogen and oxygen atoms in total. The van der Waals surface area contributed by atoms with Gasteiger partial charge < -0.3 is 5.32 Å². The van der Waals surface area contributed by atoms with Crippen LogP contribution in [-0.4, -0.2) is 24.9 Å². The zero-order valence-corrected chi connectivity index (χ0v) is 8.07. The molecular formula is C9H15F4N. The van der Waals surface area contributed by atoms with Crippen molar-refractivity contribution in [1.82, 2.24) is 5.32 Å². The van der Waals surface area contributed by atoms with Crippen LogP contribution in [0.1, 0.15) is 19.8 Å². The molecule has 0 heterocycles. The summed E-state index contributed by atoms with van der Waals surface area (Å²) in [5.41, 5.74) is 0. The lowest BCUT2D eigenvalue weighted by atomic mass is 10.2. The fourth-order valence-electron chi connectivity index (χ4n) is 0.857. The summed E-state index contributed by atoms with van der Waals surface area (Å²) >= 11 is 0. The highest BCUT2D eigenvalue weighted by Crippen LogP contribution is 2.21. The van der Waals surface area contributed by atoms with Gasteiger partial charge in [-0.15, -0.1) is 6.58 Å². The summed E-state index contributed by atoms with van der Waals surface area (Å²) in [6, 6.07) is -0.211. The Morgan fingerprint density at radius 3 is 2.43 bits per heavy atom. The summed E-state index contributed by atoms with van der Waals surface area (Å²) in [5.74, 6) is -3.94. The van der Waals surface area contributed by atoms with E-state index in [2.05, 4.69) is 11.9 Å². The lowest BCUT2D eigenvalue weighted by Crippen LogP contribution is -2.42. The first kappa shape index (κ1) is 13.4. The minimum absolute atomic E-state index is 0.211. The third kappa shape index (κ3) is 5.21. The molecule has 0 bridgehead atoms. The van der Waals surface area contributed by atoms with E-state index in [1.807, 2.05) is 0 Å². The third-order valence-electron chi connectivity index (χ3n) is 1.81. The van der Waals surface area contributed by atoms with Crippen molar-refractivity contribution in [2.24, 2.45) is 0 Å². The maximum atomic E-state index is 12.4. The second-order valence-corrected chi connectivity index (χ2v) is 3.21. The van der Waals surface area contributed by atoms with E-state index in [0.717, 1.165) is 0 Å². The fourth-order valence-corrected chi connectivity index (χ4v) is 0.857. The van der Waals surface area contributed by atoms with Crippen LogP contribution in [0.4, 0.5) is 17.6 Å². The van der Waals surface area contributed by atoms with E-state index in [0.29, 0.717) is 12.8 Å². The number of hydrogen-bond acceptors (Lipinski definition) is 1. The molecule has 1 N–H and O–H groups in total. The predicted octanol–water partition coefficient (Wildman–Crippen LogP) is 2.83. The summed E-state index contributed by atoms with van der Waals surface area (Å²) in [7, 11) is 0. The highest BCUT2D eigenvalue weighted by molar-refractivity contribution is 4.76. The van der Waals surface area contributed by atoms with Crippen LogP contribution in [0, 0.1) is 0 Å². The molecule has 84 valence electrons. The van der Waals surface area contributed by atoms with Crippen molar-refractivity contribution in [3.8, 4) is 0 Å². The Morgan fingerprint density at radius 1 is 1.43 bits per heavy atom. The highest BCUT2D eigenvalue weighted by atomic mass is 19.3. The van der Waals surface area contributed by atoms with E-state index in [-0.39, 0.29) is 6.04 Å². The molecule has 5 heteroatoms. The number of rotatable bonds is 7. The van der Waals surface area contributed by atoms with Crippen molar-refractivity contribution >= 4 is 0 Å². The second kappa shape index (κ2) is 6.01. The van der Waals surface area contributed by atoms with Gasteiger partial charge in [0.15, 0.2) is 0 Å². The fraction of sp³-hybridized carbons (Fsp3) is 0.778. The largest absolute Gasteiger partial charge is 0.319 e. The van der Waals surface area contributed by atoms with Crippen LogP contribution in [0.3, 0.4) is 0 Å². The first-order chi connectivity index (χ1) is 6.40. The van der Waals surface area contributed by atoms with Gasteiger partial charge in [-0.1, -0.05) is 6.08 Å². The van der Waals surface area contributed by atoms with Gasteiger partial charge in [-0.2, -0.15) is 8.78 Å². The molecule has 0 radical (unpaired) electrons. The quantitative estimate of drug-likeness (QED) is 0.506. The van der Waals surface area contributed by atoms with Crippen LogP contribution >= 0.6 is 0 Å². The van der Waals surface area contributed by atoms with Crippen LogP contribution in [0.25, 0.3) is 0 Å². The molecule has 1 atom stereocenters. The van der Waals surface area contributed by atoms with E-state index < -0.39 is 18.9 Å². The molecule has 1 unspecified atom stereocenters. The smallest absolute Gasteiger partial charge is 0.308 e. The highest BCUT2D eigenvalue weighted by Gasteiger charge is 2.40. The van der Waals surface area contributed by atoms with Gasteiger partial charge in [-0.3, -0.25) is 0 Å². The maximum Gasteiger partial charge on any atom is 0.319 e. The van der Waals surface area contributed by atoms with Gasteiger partial charge >= 0.3 is 12.3 Å². The number of hydrogen-bond donors (Lipinski definition) is 1. The van der Waals surface area contributed by atoms with Crippen LogP contribution in [0.15, 0.2) is 12.7 Å². The molecular weight excluding hydrogens is 198 g/mol. The van der Waals surface area contributed by atoms with Crippen LogP contribution in [0.5, 0.6) is 0 Å². The molecule has 0 saturated heterocycles. The summed E-state index contributed by atoms with van der Waals surface area (Å²) in [5, 5.41) is 2.36. The molecule has 0 saturated carbocycles. The van der Waals surface area contributed by atoms with Gasteiger partial charge in [0.1, 0.15) is 0 Å². The molecule has 0 aromatic carbocycles. The predicted molar refractivity (Wildman–Crippen MR) is 47.8 cm³/mol. The molecule has 0 aliphatic rings. The minimum atomic E-state index is -3.94. The second-order valence-electron chi connectivity index (χ2n) is 3.21. The molecule has 0 rings (SSSR count). The van der Waals surface area contributed by atoms with Gasteiger partial charge in [0.2, 0.25) is 0 Å². The monoisotopic (exact) mass is 213 g/mol. The van der Waals surface area contributed by atoms with Crippen molar-refractivity contribution in [3.05, 3.63) is 12.7 Å². The maximum absolute atomic E-state index is 12.4. The van der Waals surface area contributed by atoms with Crippen LogP contribution in [-0.2, 0) is 0 Å². The molecule has 0 aliphatic carbocycles. The molecule has 0 aliphatic heterocycles. The minimum Gasteiger partial charge on any atom is -0.308 e. The Kier molecular flexibility index (Phi) is 5.76. The van der Waals surface area contributed by atoms with E-state index in [4.69, 9.17) is 0 Å². The van der Waals surface area contributed by atoms with Gasteiger partial charge in [-0.25, -0.2) is 8.78 Å². The molecule has 0 spiro atoms. The topological polar surface area (TPSA) is 12.0 Å². The van der Waals surface area contributed by atoms with Gasteiger partial charge in [0.25, 0.3) is 0 Å². The Hall–Kier alpha value is -0.580. The Bertz CT molecular complexity index is 170. The van der Waals surface area contributed by atoms with Crippen molar-refractivity contribution in [1.29, 1.82) is 0 Å². The van der Waals surface area contributed by atoms with Crippen molar-refractivity contribution in [2.75, 3.05) is 6.54 Å².